The summed E-state index contributed by atoms with van der Waals surface area (Å²) in [6.07, 6.45) is 0. The Morgan fingerprint density at radius 2 is 1.93 bits per heavy atom. The lowest BCUT2D eigenvalue weighted by atomic mass is 10.1. The van der Waals surface area contributed by atoms with E-state index in [4.69, 9.17) is 0 Å². The number of rotatable bonds is 0. The van der Waals surface area contributed by atoms with E-state index >= 15 is 0 Å². The molecule has 0 aliphatic carbocycles. The maximum Gasteiger partial charge on any atom is 0.387 e. The van der Waals surface area contributed by atoms with Crippen LogP contribution in [0.1, 0.15) is 15.9 Å². The maximum absolute atomic E-state index is 13.1. The fraction of sp³-hybridized carbons (Fsp3) is 0.222. The van der Waals surface area contributed by atoms with E-state index in [2.05, 4.69) is 0 Å². The van der Waals surface area contributed by atoms with E-state index in [1.165, 1.54) is 13.0 Å². The van der Waals surface area contributed by atoms with Gasteiger partial charge in [0.15, 0.2) is 0 Å². The van der Waals surface area contributed by atoms with E-state index in [0.29, 0.717) is 0 Å². The lowest BCUT2D eigenvalue weighted by Gasteiger charge is -2.03. The first-order valence-electron chi connectivity index (χ1n) is 4.01. The van der Waals surface area contributed by atoms with Crippen molar-refractivity contribution in [3.63, 3.8) is 0 Å². The zero-order valence-electron chi connectivity index (χ0n) is 7.51. The molecule has 1 unspecified atom stereocenters. The second-order valence-electron chi connectivity index (χ2n) is 3.18. The molecule has 2 rings (SSSR count). The third-order valence-electron chi connectivity index (χ3n) is 2.21. The quantitative estimate of drug-likeness (QED) is 0.688. The summed E-state index contributed by atoms with van der Waals surface area (Å²) in [5, 5.41) is -4.00. The molecule has 1 aliphatic heterocycles. The lowest BCUT2D eigenvalue weighted by Crippen LogP contribution is -2.26. The Labute approximate surface area is 85.6 Å². The van der Waals surface area contributed by atoms with E-state index in [0.717, 1.165) is 6.07 Å². The Morgan fingerprint density at radius 1 is 1.33 bits per heavy atom. The van der Waals surface area contributed by atoms with E-state index in [1.54, 1.807) is 0 Å². The van der Waals surface area contributed by atoms with Crippen LogP contribution in [0.5, 0.6) is 0 Å². The van der Waals surface area contributed by atoms with Crippen LogP contribution in [0.25, 0.3) is 0 Å². The Balaban J connectivity index is 2.84. The molecule has 1 aromatic carbocycles. The minimum atomic E-state index is -4.00. The Morgan fingerprint density at radius 3 is 2.47 bits per heavy atom. The summed E-state index contributed by atoms with van der Waals surface area (Å²) in [5.74, 6) is -2.75. The van der Waals surface area contributed by atoms with Crippen molar-refractivity contribution in [3.05, 3.63) is 29.1 Å². The van der Waals surface area contributed by atoms with Gasteiger partial charge in [-0.2, -0.15) is 8.78 Å². The molecule has 0 saturated heterocycles. The largest absolute Gasteiger partial charge is 0.387 e. The van der Waals surface area contributed by atoms with Gasteiger partial charge in [-0.1, -0.05) is 6.07 Å². The number of alkyl halides is 2. The summed E-state index contributed by atoms with van der Waals surface area (Å²) in [4.78, 5) is 10.7. The van der Waals surface area contributed by atoms with E-state index in [-0.39, 0.29) is 10.5 Å². The monoisotopic (exact) mass is 234 g/mol. The van der Waals surface area contributed by atoms with Gasteiger partial charge in [0.2, 0.25) is 5.78 Å². The van der Waals surface area contributed by atoms with Gasteiger partial charge in [0.1, 0.15) is 16.6 Å². The number of ketones is 1. The van der Waals surface area contributed by atoms with Gasteiger partial charge in [0, 0.05) is 0 Å². The number of aryl methyl sites for hydroxylation is 1. The average Bonchev–Trinajstić information content (AvgIpc) is 2.35. The fourth-order valence-corrected chi connectivity index (χ4v) is 2.73. The van der Waals surface area contributed by atoms with Crippen molar-refractivity contribution < 1.29 is 22.2 Å². The van der Waals surface area contributed by atoms with Crippen LogP contribution in [-0.4, -0.2) is 15.2 Å². The molecule has 0 amide bonds. The standard InChI is InChI=1S/C9H5F3O2S/c1-4-2-3-5(10)6-7(4)15(14)9(11,12)8(6)13/h2-3H,1H3. The highest BCUT2D eigenvalue weighted by Gasteiger charge is 2.56. The predicted molar refractivity (Wildman–Crippen MR) is 46.8 cm³/mol. The molecule has 0 saturated carbocycles. The highest BCUT2D eigenvalue weighted by atomic mass is 32.2. The number of hydrogen-bond acceptors (Lipinski definition) is 2. The maximum atomic E-state index is 13.1. The summed E-state index contributed by atoms with van der Waals surface area (Å²) in [6.45, 7) is 1.41. The van der Waals surface area contributed by atoms with Crippen LogP contribution in [0, 0.1) is 12.7 Å². The lowest BCUT2D eigenvalue weighted by molar-refractivity contribution is 0.0562. The second-order valence-corrected chi connectivity index (χ2v) is 4.64. The third-order valence-corrected chi connectivity index (χ3v) is 3.76. The summed E-state index contributed by atoms with van der Waals surface area (Å²) >= 11 is 0. The van der Waals surface area contributed by atoms with Gasteiger partial charge in [0.05, 0.1) is 10.5 Å². The van der Waals surface area contributed by atoms with Crippen molar-refractivity contribution in [2.75, 3.05) is 0 Å². The van der Waals surface area contributed by atoms with Crippen molar-refractivity contribution in [2.24, 2.45) is 0 Å². The van der Waals surface area contributed by atoms with Crippen LogP contribution in [0.4, 0.5) is 13.2 Å². The smallest absolute Gasteiger partial charge is 0.286 e. The molecule has 15 heavy (non-hydrogen) atoms. The molecular formula is C9H5F3O2S. The van der Waals surface area contributed by atoms with Crippen LogP contribution in [0.2, 0.25) is 0 Å². The molecule has 6 heteroatoms. The molecule has 0 bridgehead atoms. The molecule has 1 heterocycles. The van der Waals surface area contributed by atoms with Gasteiger partial charge in [-0.05, 0) is 18.6 Å². The van der Waals surface area contributed by atoms with Gasteiger partial charge in [-0.15, -0.1) is 0 Å². The van der Waals surface area contributed by atoms with E-state index in [1.807, 2.05) is 0 Å². The van der Waals surface area contributed by atoms with Crippen LogP contribution >= 0.6 is 0 Å². The van der Waals surface area contributed by atoms with Crippen LogP contribution in [0.15, 0.2) is 17.0 Å². The van der Waals surface area contributed by atoms with Crippen LogP contribution in [-0.2, 0) is 10.8 Å². The van der Waals surface area contributed by atoms with Crippen LogP contribution in [0.3, 0.4) is 0 Å². The average molecular weight is 234 g/mol. The highest BCUT2D eigenvalue weighted by molar-refractivity contribution is 7.87. The molecule has 1 aromatic rings. The predicted octanol–water partition coefficient (Wildman–Crippen LogP) is 2.03. The van der Waals surface area contributed by atoms with Gasteiger partial charge in [0.25, 0.3) is 0 Å². The molecule has 0 fully saturated rings. The van der Waals surface area contributed by atoms with E-state index < -0.39 is 33.2 Å². The van der Waals surface area contributed by atoms with Gasteiger partial charge >= 0.3 is 5.25 Å². The second kappa shape index (κ2) is 2.91. The molecule has 1 aliphatic rings. The van der Waals surface area contributed by atoms with E-state index in [9.17, 15) is 22.2 Å². The molecule has 0 radical (unpaired) electrons. The molecule has 80 valence electrons. The van der Waals surface area contributed by atoms with Crippen molar-refractivity contribution in [2.45, 2.75) is 17.1 Å². The van der Waals surface area contributed by atoms with Gasteiger partial charge in [-0.25, -0.2) is 8.60 Å². The Kier molecular flexibility index (Phi) is 2.01. The Hall–Kier alpha value is -1.17. The number of Topliss-reactive ketones (excluding diaryl/α,β-unsaturated/α-hetero) is 1. The van der Waals surface area contributed by atoms with Crippen LogP contribution < -0.4 is 0 Å². The third kappa shape index (κ3) is 1.17. The molecule has 2 nitrogen and oxygen atoms in total. The van der Waals surface area contributed by atoms with Crippen molar-refractivity contribution >= 4 is 16.6 Å². The molecule has 0 N–H and O–H groups in total. The first-order valence-corrected chi connectivity index (χ1v) is 5.16. The minimum absolute atomic E-state index is 0.232. The van der Waals surface area contributed by atoms with Crippen molar-refractivity contribution in [3.8, 4) is 0 Å². The molecule has 0 aromatic heterocycles. The van der Waals surface area contributed by atoms with Crippen molar-refractivity contribution in [1.82, 2.24) is 0 Å². The minimum Gasteiger partial charge on any atom is -0.286 e. The summed E-state index contributed by atoms with van der Waals surface area (Å²) in [6, 6.07) is 2.14. The number of carbonyl (C=O) groups is 1. The number of fused-ring (bicyclic) bond motifs is 1. The normalized spacial score (nSPS) is 22.9. The molecule has 1 atom stereocenters. The summed E-state index contributed by atoms with van der Waals surface area (Å²) in [7, 11) is -2.78. The summed E-state index contributed by atoms with van der Waals surface area (Å²) < 4.78 is 50.6. The van der Waals surface area contributed by atoms with Crippen molar-refractivity contribution in [1.29, 1.82) is 0 Å². The first kappa shape index (κ1) is 10.4. The van der Waals surface area contributed by atoms with Gasteiger partial charge in [-0.3, -0.25) is 4.79 Å². The molecule has 0 spiro atoms. The van der Waals surface area contributed by atoms with Gasteiger partial charge < -0.3 is 0 Å². The molecular weight excluding hydrogens is 229 g/mol. The topological polar surface area (TPSA) is 34.1 Å². The first-order chi connectivity index (χ1) is 6.87. The summed E-state index contributed by atoms with van der Waals surface area (Å²) in [5.41, 5.74) is -0.506. The SMILES string of the molecule is Cc1ccc(F)c2c1S(=O)C(F)(F)C2=O. The fourth-order valence-electron chi connectivity index (χ4n) is 1.47. The zero-order chi connectivity index (χ0) is 11.4. The Bertz CT molecular complexity index is 453. The zero-order valence-corrected chi connectivity index (χ0v) is 8.33. The number of carbonyl (C=O) groups excluding carboxylic acids is 1. The number of halogens is 3. The number of hydrogen-bond donors (Lipinski definition) is 0. The highest BCUT2D eigenvalue weighted by Crippen LogP contribution is 2.40. The number of benzene rings is 1.